The van der Waals surface area contributed by atoms with Gasteiger partial charge in [0.25, 0.3) is 5.91 Å². The van der Waals surface area contributed by atoms with Gasteiger partial charge < -0.3 is 16.2 Å². The minimum absolute atomic E-state index is 0.0373. The molecule has 0 heterocycles. The number of nitrogens with two attached hydrogens (primary N) is 1. The van der Waals surface area contributed by atoms with Crippen molar-refractivity contribution in [3.63, 3.8) is 0 Å². The highest BCUT2D eigenvalue weighted by atomic mass is 127. The van der Waals surface area contributed by atoms with E-state index in [0.717, 1.165) is 3.57 Å². The fourth-order valence-electron chi connectivity index (χ4n) is 1.71. The average Bonchev–Trinajstić information content (AvgIpc) is 2.43. The third-order valence-corrected chi connectivity index (χ3v) is 4.06. The molecule has 0 fully saturated rings. The van der Waals surface area contributed by atoms with Crippen LogP contribution in [0.3, 0.4) is 0 Å². The Morgan fingerprint density at radius 2 is 1.86 bits per heavy atom. The Bertz CT molecular complexity index is 734. The van der Waals surface area contributed by atoms with E-state index in [0.29, 0.717) is 15.7 Å². The lowest BCUT2D eigenvalue weighted by Gasteiger charge is -2.10. The Morgan fingerprint density at radius 1 is 1.14 bits per heavy atom. The summed E-state index contributed by atoms with van der Waals surface area (Å²) in [6, 6.07) is 9.62. The Balaban J connectivity index is 2.36. The monoisotopic (exact) mass is 460 g/mol. The van der Waals surface area contributed by atoms with Crippen molar-refractivity contribution in [1.82, 2.24) is 0 Å². The van der Waals surface area contributed by atoms with Gasteiger partial charge in [-0.05, 0) is 74.9 Å². The van der Waals surface area contributed by atoms with Crippen molar-refractivity contribution in [3.8, 4) is 0 Å². The summed E-state index contributed by atoms with van der Waals surface area (Å²) in [5.74, 6) is -1.53. The first kappa shape index (κ1) is 15.8. The van der Waals surface area contributed by atoms with Crippen LogP contribution < -0.4 is 11.1 Å². The zero-order valence-electron chi connectivity index (χ0n) is 10.6. The molecule has 0 atom stereocenters. The maximum atomic E-state index is 12.3. The molecule has 7 heteroatoms. The minimum atomic E-state index is -1.10. The highest BCUT2D eigenvalue weighted by Gasteiger charge is 2.16. The first-order valence-corrected chi connectivity index (χ1v) is 7.65. The van der Waals surface area contributed by atoms with Crippen LogP contribution in [0.5, 0.6) is 0 Å². The fourth-order valence-corrected chi connectivity index (χ4v) is 2.63. The predicted molar refractivity (Wildman–Crippen MR) is 92.6 cm³/mol. The molecule has 0 aliphatic rings. The summed E-state index contributed by atoms with van der Waals surface area (Å²) in [7, 11) is 0. The number of carboxylic acid groups (broad SMARTS) is 1. The smallest absolute Gasteiger partial charge is 0.337 e. The van der Waals surface area contributed by atoms with Crippen LogP contribution in [0.1, 0.15) is 20.7 Å². The molecule has 0 bridgehead atoms. The number of carbonyl (C=O) groups is 2. The van der Waals surface area contributed by atoms with Gasteiger partial charge in [-0.25, -0.2) is 4.79 Å². The maximum Gasteiger partial charge on any atom is 0.337 e. The van der Waals surface area contributed by atoms with Crippen LogP contribution in [0, 0.1) is 3.57 Å². The molecule has 0 aliphatic carbocycles. The molecule has 0 aromatic heterocycles. The van der Waals surface area contributed by atoms with Crippen LogP contribution in [0.4, 0.5) is 11.4 Å². The Morgan fingerprint density at radius 3 is 2.52 bits per heavy atom. The normalized spacial score (nSPS) is 10.2. The number of nitrogens with one attached hydrogen (secondary N) is 1. The highest BCUT2D eigenvalue weighted by molar-refractivity contribution is 14.1. The molecule has 108 valence electrons. The lowest BCUT2D eigenvalue weighted by molar-refractivity contribution is 0.0698. The van der Waals surface area contributed by atoms with Gasteiger partial charge in [-0.2, -0.15) is 0 Å². The quantitative estimate of drug-likeness (QED) is 0.482. The summed E-state index contributed by atoms with van der Waals surface area (Å²) < 4.78 is 1.35. The molecule has 4 N–H and O–H groups in total. The molecule has 0 radical (unpaired) electrons. The van der Waals surface area contributed by atoms with E-state index in [4.69, 9.17) is 5.73 Å². The minimum Gasteiger partial charge on any atom is -0.478 e. The Hall–Kier alpha value is -1.61. The van der Waals surface area contributed by atoms with Crippen LogP contribution in [0.25, 0.3) is 0 Å². The molecule has 1 amide bonds. The van der Waals surface area contributed by atoms with Crippen molar-refractivity contribution in [2.75, 3.05) is 11.1 Å². The molecule has 2 aromatic carbocycles. The maximum absolute atomic E-state index is 12.3. The summed E-state index contributed by atoms with van der Waals surface area (Å²) >= 11 is 5.28. The fraction of sp³-hybridized carbons (Fsp3) is 0. The zero-order valence-corrected chi connectivity index (χ0v) is 14.3. The van der Waals surface area contributed by atoms with E-state index in [1.807, 2.05) is 22.6 Å². The number of nitrogen functional groups attached to an aromatic ring is 1. The van der Waals surface area contributed by atoms with E-state index in [-0.39, 0.29) is 11.3 Å². The molecule has 0 unspecified atom stereocenters. The molecular formula is C14H10BrIN2O3. The first-order chi connectivity index (χ1) is 9.88. The summed E-state index contributed by atoms with van der Waals surface area (Å²) in [6.45, 7) is 0. The lowest BCUT2D eigenvalue weighted by atomic mass is 10.1. The molecule has 5 nitrogen and oxygen atoms in total. The average molecular weight is 461 g/mol. The van der Waals surface area contributed by atoms with Gasteiger partial charge >= 0.3 is 5.97 Å². The van der Waals surface area contributed by atoms with Crippen molar-refractivity contribution in [1.29, 1.82) is 0 Å². The van der Waals surface area contributed by atoms with E-state index in [9.17, 15) is 14.7 Å². The van der Waals surface area contributed by atoms with Crippen LogP contribution in [0.15, 0.2) is 40.9 Å². The second-order valence-corrected chi connectivity index (χ2v) is 6.29. The topological polar surface area (TPSA) is 92.4 Å². The number of benzene rings is 2. The number of anilines is 2. The molecule has 0 spiro atoms. The number of carboxylic acids is 1. The van der Waals surface area contributed by atoms with Gasteiger partial charge in [-0.3, -0.25) is 4.79 Å². The van der Waals surface area contributed by atoms with Gasteiger partial charge in [0.05, 0.1) is 16.8 Å². The van der Waals surface area contributed by atoms with Crippen LogP contribution in [-0.2, 0) is 0 Å². The van der Waals surface area contributed by atoms with Crippen LogP contribution in [0.2, 0.25) is 0 Å². The number of carbonyl (C=O) groups excluding carboxylic acids is 1. The molecule has 2 rings (SSSR count). The predicted octanol–water partition coefficient (Wildman–Crippen LogP) is 3.59. The SMILES string of the molecule is Nc1ccc(Br)c(C(=O)Nc2ccc(I)cc2C(=O)O)c1. The summed E-state index contributed by atoms with van der Waals surface area (Å²) in [4.78, 5) is 23.5. The van der Waals surface area contributed by atoms with E-state index >= 15 is 0 Å². The number of halogens is 2. The molecule has 0 saturated heterocycles. The van der Waals surface area contributed by atoms with Gasteiger partial charge in [-0.15, -0.1) is 0 Å². The number of rotatable bonds is 3. The molecule has 21 heavy (non-hydrogen) atoms. The molecule has 2 aromatic rings. The standard InChI is InChI=1S/C14H10BrIN2O3/c15-11-3-2-8(17)6-9(11)13(19)18-12-4-1-7(16)5-10(12)14(20)21/h1-6H,17H2,(H,18,19)(H,20,21). The van der Waals surface area contributed by atoms with Crippen molar-refractivity contribution in [2.45, 2.75) is 0 Å². The van der Waals surface area contributed by atoms with Gasteiger partial charge in [0.1, 0.15) is 0 Å². The van der Waals surface area contributed by atoms with Crippen LogP contribution >= 0.6 is 38.5 Å². The third kappa shape index (κ3) is 3.73. The number of hydrogen-bond acceptors (Lipinski definition) is 3. The van der Waals surface area contributed by atoms with E-state index < -0.39 is 11.9 Å². The van der Waals surface area contributed by atoms with E-state index in [1.165, 1.54) is 12.1 Å². The number of hydrogen-bond donors (Lipinski definition) is 3. The van der Waals surface area contributed by atoms with E-state index in [2.05, 4.69) is 21.2 Å². The van der Waals surface area contributed by atoms with Gasteiger partial charge in [-0.1, -0.05) is 0 Å². The molecule has 0 aliphatic heterocycles. The lowest BCUT2D eigenvalue weighted by Crippen LogP contribution is -2.15. The molecule has 0 saturated carbocycles. The number of aromatic carboxylic acids is 1. The van der Waals surface area contributed by atoms with Gasteiger partial charge in [0.15, 0.2) is 0 Å². The van der Waals surface area contributed by atoms with Crippen molar-refractivity contribution < 1.29 is 14.7 Å². The largest absolute Gasteiger partial charge is 0.478 e. The highest BCUT2D eigenvalue weighted by Crippen LogP contribution is 2.23. The Labute approximate surface area is 142 Å². The second kappa shape index (κ2) is 6.44. The summed E-state index contributed by atoms with van der Waals surface area (Å²) in [5, 5.41) is 11.8. The molecular weight excluding hydrogens is 451 g/mol. The zero-order chi connectivity index (χ0) is 15.6. The van der Waals surface area contributed by atoms with Crippen LogP contribution in [-0.4, -0.2) is 17.0 Å². The summed E-state index contributed by atoms with van der Waals surface area (Å²) in [6.07, 6.45) is 0. The van der Waals surface area contributed by atoms with Crippen molar-refractivity contribution >= 4 is 61.8 Å². The second-order valence-electron chi connectivity index (χ2n) is 4.19. The third-order valence-electron chi connectivity index (χ3n) is 2.70. The van der Waals surface area contributed by atoms with Gasteiger partial charge in [0.2, 0.25) is 0 Å². The number of amides is 1. The van der Waals surface area contributed by atoms with Crippen molar-refractivity contribution in [2.24, 2.45) is 0 Å². The van der Waals surface area contributed by atoms with Gasteiger partial charge in [0, 0.05) is 13.7 Å². The summed E-state index contributed by atoms with van der Waals surface area (Å²) in [5.41, 5.74) is 6.72. The van der Waals surface area contributed by atoms with E-state index in [1.54, 1.807) is 24.3 Å². The van der Waals surface area contributed by atoms with Crippen molar-refractivity contribution in [3.05, 3.63) is 55.6 Å². The Kier molecular flexibility index (Phi) is 4.84. The first-order valence-electron chi connectivity index (χ1n) is 5.77.